The van der Waals surface area contributed by atoms with Gasteiger partial charge in [-0.05, 0) is 68.7 Å². The van der Waals surface area contributed by atoms with Crippen LogP contribution < -0.4 is 10.6 Å². The highest BCUT2D eigenvalue weighted by atomic mass is 32.2. The molecule has 2 unspecified atom stereocenters. The second-order valence-electron chi connectivity index (χ2n) is 7.51. The molecule has 0 bridgehead atoms. The number of halogens is 1. The molecule has 2 aromatic rings. The lowest BCUT2D eigenvalue weighted by Crippen LogP contribution is -2.33. The van der Waals surface area contributed by atoms with Crippen molar-refractivity contribution >= 4 is 15.5 Å². The van der Waals surface area contributed by atoms with Crippen LogP contribution in [0, 0.1) is 5.82 Å². The van der Waals surface area contributed by atoms with Crippen molar-refractivity contribution in [3.63, 3.8) is 0 Å². The van der Waals surface area contributed by atoms with E-state index < -0.39 is 15.7 Å². The van der Waals surface area contributed by atoms with Crippen molar-refractivity contribution in [2.24, 2.45) is 0 Å². The standard InChI is InChI=1S/C20H23FN2O2S/c1-12-8-17-18-11-16(26(24,25)15-5-3-4-14(21)10-15)6-7-19(18)23-20(17)9-13(2)22-12/h3-7,10-13,17,20,22-23H,8-9H2,1-2H3/t12?,13?,17-,20-/m0/s1. The molecule has 0 amide bonds. The van der Waals surface area contributed by atoms with E-state index in [0.29, 0.717) is 18.1 Å². The summed E-state index contributed by atoms with van der Waals surface area (Å²) >= 11 is 0. The first kappa shape index (κ1) is 17.5. The van der Waals surface area contributed by atoms with Crippen LogP contribution in [-0.2, 0) is 9.84 Å². The van der Waals surface area contributed by atoms with Gasteiger partial charge in [0.2, 0.25) is 9.84 Å². The van der Waals surface area contributed by atoms with Gasteiger partial charge in [0.25, 0.3) is 0 Å². The Labute approximate surface area is 153 Å². The molecule has 0 saturated carbocycles. The van der Waals surface area contributed by atoms with Crippen molar-refractivity contribution in [3.8, 4) is 0 Å². The first-order valence-corrected chi connectivity index (χ1v) is 10.5. The zero-order valence-electron chi connectivity index (χ0n) is 14.9. The van der Waals surface area contributed by atoms with Crippen LogP contribution in [0.1, 0.15) is 38.2 Å². The number of rotatable bonds is 2. The number of fused-ring (bicyclic) bond motifs is 3. The number of sulfone groups is 1. The Kier molecular flexibility index (Phi) is 4.28. The molecule has 4 atom stereocenters. The van der Waals surface area contributed by atoms with E-state index in [1.165, 1.54) is 18.2 Å². The molecule has 2 heterocycles. The van der Waals surface area contributed by atoms with E-state index in [1.807, 2.05) is 6.07 Å². The summed E-state index contributed by atoms with van der Waals surface area (Å²) in [7, 11) is -3.74. The number of benzene rings is 2. The van der Waals surface area contributed by atoms with Crippen LogP contribution in [0.5, 0.6) is 0 Å². The van der Waals surface area contributed by atoms with Crippen LogP contribution in [0.3, 0.4) is 0 Å². The molecule has 1 saturated heterocycles. The van der Waals surface area contributed by atoms with Gasteiger partial charge in [0.1, 0.15) is 5.82 Å². The smallest absolute Gasteiger partial charge is 0.206 e. The third-order valence-electron chi connectivity index (χ3n) is 5.45. The minimum atomic E-state index is -3.74. The lowest BCUT2D eigenvalue weighted by molar-refractivity contribution is 0.468. The molecule has 0 aliphatic carbocycles. The van der Waals surface area contributed by atoms with Gasteiger partial charge in [0, 0.05) is 29.7 Å². The molecule has 4 nitrogen and oxygen atoms in total. The number of hydrogen-bond donors (Lipinski definition) is 2. The first-order valence-electron chi connectivity index (χ1n) is 9.02. The minimum absolute atomic E-state index is 0.00974. The van der Waals surface area contributed by atoms with Gasteiger partial charge in [-0.2, -0.15) is 0 Å². The molecule has 2 aliphatic rings. The van der Waals surface area contributed by atoms with E-state index >= 15 is 0 Å². The molecule has 0 aromatic heterocycles. The molecule has 2 aliphatic heterocycles. The molecule has 26 heavy (non-hydrogen) atoms. The molecule has 6 heteroatoms. The zero-order valence-corrected chi connectivity index (χ0v) is 15.7. The molecule has 138 valence electrons. The minimum Gasteiger partial charge on any atom is -0.381 e. The van der Waals surface area contributed by atoms with Crippen molar-refractivity contribution in [3.05, 3.63) is 53.8 Å². The highest BCUT2D eigenvalue weighted by Gasteiger charge is 2.37. The second-order valence-corrected chi connectivity index (χ2v) is 9.46. The monoisotopic (exact) mass is 374 g/mol. The zero-order chi connectivity index (χ0) is 18.5. The largest absolute Gasteiger partial charge is 0.381 e. The lowest BCUT2D eigenvalue weighted by Gasteiger charge is -2.18. The predicted molar refractivity (Wildman–Crippen MR) is 99.7 cm³/mol. The summed E-state index contributed by atoms with van der Waals surface area (Å²) in [4.78, 5) is 0.215. The number of nitrogens with one attached hydrogen (secondary N) is 2. The molecule has 1 fully saturated rings. The number of anilines is 1. The maximum Gasteiger partial charge on any atom is 0.206 e. The van der Waals surface area contributed by atoms with Gasteiger partial charge in [-0.3, -0.25) is 0 Å². The van der Waals surface area contributed by atoms with E-state index in [1.54, 1.807) is 12.1 Å². The van der Waals surface area contributed by atoms with E-state index in [2.05, 4.69) is 24.5 Å². The average molecular weight is 374 g/mol. The van der Waals surface area contributed by atoms with Crippen molar-refractivity contribution in [2.75, 3.05) is 5.32 Å². The van der Waals surface area contributed by atoms with Gasteiger partial charge in [-0.25, -0.2) is 12.8 Å². The van der Waals surface area contributed by atoms with Crippen molar-refractivity contribution in [2.45, 2.75) is 60.5 Å². The predicted octanol–water partition coefficient (Wildman–Crippen LogP) is 3.70. The molecule has 0 radical (unpaired) electrons. The summed E-state index contributed by atoms with van der Waals surface area (Å²) < 4.78 is 39.4. The Morgan fingerprint density at radius 1 is 1.00 bits per heavy atom. The summed E-state index contributed by atoms with van der Waals surface area (Å²) in [5, 5.41) is 7.14. The summed E-state index contributed by atoms with van der Waals surface area (Å²) in [5.74, 6) is -0.272. The van der Waals surface area contributed by atoms with Gasteiger partial charge < -0.3 is 10.6 Å². The highest BCUT2D eigenvalue weighted by molar-refractivity contribution is 7.91. The SMILES string of the molecule is CC1C[C@@H]2Nc3ccc(S(=O)(=O)c4cccc(F)c4)cc3[C@@H]2CC(C)N1. The van der Waals surface area contributed by atoms with E-state index in [9.17, 15) is 12.8 Å². The van der Waals surface area contributed by atoms with Gasteiger partial charge in [-0.1, -0.05) is 6.07 Å². The summed E-state index contributed by atoms with van der Waals surface area (Å²) in [6.45, 7) is 4.35. The van der Waals surface area contributed by atoms with Gasteiger partial charge in [-0.15, -0.1) is 0 Å². The van der Waals surface area contributed by atoms with E-state index in [4.69, 9.17) is 0 Å². The Bertz CT molecular complexity index is 945. The fourth-order valence-corrected chi connectivity index (χ4v) is 5.66. The molecule has 0 spiro atoms. The Hall–Kier alpha value is -1.92. The molecular weight excluding hydrogens is 351 g/mol. The van der Waals surface area contributed by atoms with Crippen LogP contribution in [0.25, 0.3) is 0 Å². The van der Waals surface area contributed by atoms with Crippen molar-refractivity contribution < 1.29 is 12.8 Å². The van der Waals surface area contributed by atoms with Crippen molar-refractivity contribution in [1.82, 2.24) is 5.32 Å². The van der Waals surface area contributed by atoms with E-state index in [0.717, 1.165) is 30.2 Å². The van der Waals surface area contributed by atoms with Gasteiger partial charge in [0.05, 0.1) is 9.79 Å². The van der Waals surface area contributed by atoms with Gasteiger partial charge >= 0.3 is 0 Å². The topological polar surface area (TPSA) is 58.2 Å². The lowest BCUT2D eigenvalue weighted by atomic mass is 9.88. The quantitative estimate of drug-likeness (QED) is 0.842. The normalized spacial score (nSPS) is 28.0. The highest BCUT2D eigenvalue weighted by Crippen LogP contribution is 2.43. The molecule has 4 rings (SSSR count). The van der Waals surface area contributed by atoms with E-state index in [-0.39, 0.29) is 15.7 Å². The first-order chi connectivity index (χ1) is 12.3. The van der Waals surface area contributed by atoms with Crippen LogP contribution >= 0.6 is 0 Å². The summed E-state index contributed by atoms with van der Waals surface area (Å²) in [6.07, 6.45) is 1.95. The van der Waals surface area contributed by atoms with Crippen LogP contribution in [-0.4, -0.2) is 26.5 Å². The Morgan fingerprint density at radius 2 is 1.73 bits per heavy atom. The fourth-order valence-electron chi connectivity index (χ4n) is 4.33. The fraction of sp³-hybridized carbons (Fsp3) is 0.400. The molecular formula is C20H23FN2O2S. The Morgan fingerprint density at radius 3 is 2.50 bits per heavy atom. The maximum absolute atomic E-state index is 13.5. The molecule has 2 aromatic carbocycles. The van der Waals surface area contributed by atoms with Crippen LogP contribution in [0.15, 0.2) is 52.3 Å². The second kappa shape index (κ2) is 6.35. The summed E-state index contributed by atoms with van der Waals surface area (Å²) in [6, 6.07) is 11.5. The van der Waals surface area contributed by atoms with Crippen LogP contribution in [0.4, 0.5) is 10.1 Å². The maximum atomic E-state index is 13.5. The van der Waals surface area contributed by atoms with Crippen LogP contribution in [0.2, 0.25) is 0 Å². The average Bonchev–Trinajstić information content (AvgIpc) is 2.83. The third kappa shape index (κ3) is 3.01. The van der Waals surface area contributed by atoms with Gasteiger partial charge in [0.15, 0.2) is 0 Å². The summed E-state index contributed by atoms with van der Waals surface area (Å²) in [5.41, 5.74) is 2.06. The molecule has 2 N–H and O–H groups in total. The number of hydrogen-bond acceptors (Lipinski definition) is 4. The third-order valence-corrected chi connectivity index (χ3v) is 7.20. The Balaban J connectivity index is 1.74. The van der Waals surface area contributed by atoms with Crippen molar-refractivity contribution in [1.29, 1.82) is 0 Å².